The summed E-state index contributed by atoms with van der Waals surface area (Å²) in [5.74, 6) is 0.0217. The Bertz CT molecular complexity index is 740. The third-order valence-electron chi connectivity index (χ3n) is 6.03. The highest BCUT2D eigenvalue weighted by Crippen LogP contribution is 2.30. The van der Waals surface area contributed by atoms with E-state index in [4.69, 9.17) is 0 Å². The van der Waals surface area contributed by atoms with Gasteiger partial charge in [0.05, 0.1) is 4.21 Å². The maximum absolute atomic E-state index is 13.3. The lowest BCUT2D eigenvalue weighted by Crippen LogP contribution is -2.60. The number of nitrogens with one attached hydrogen (secondary N) is 2. The molecule has 1 aliphatic rings. The minimum absolute atomic E-state index is 0.0217. The largest absolute Gasteiger partial charge is 0.338 e. The third kappa shape index (κ3) is 7.66. The molecule has 0 aliphatic carbocycles. The van der Waals surface area contributed by atoms with E-state index >= 15 is 0 Å². The molecule has 8 heteroatoms. The van der Waals surface area contributed by atoms with Crippen LogP contribution in [-0.2, 0) is 4.79 Å². The molecule has 0 radical (unpaired) electrons. The van der Waals surface area contributed by atoms with Crippen LogP contribution in [0, 0.1) is 10.8 Å². The smallest absolute Gasteiger partial charge is 0.315 e. The van der Waals surface area contributed by atoms with Gasteiger partial charge in [-0.15, -0.1) is 11.3 Å². The number of likely N-dealkylation sites (N-methyl/N-ethyl adjacent to an activating group) is 1. The lowest BCUT2D eigenvalue weighted by atomic mass is 9.85. The van der Waals surface area contributed by atoms with Gasteiger partial charge in [0, 0.05) is 31.7 Å². The molecule has 1 aromatic heterocycles. The Labute approximate surface area is 203 Å². The fourth-order valence-electron chi connectivity index (χ4n) is 3.82. The van der Waals surface area contributed by atoms with Crippen molar-refractivity contribution in [2.24, 2.45) is 10.8 Å². The number of carbonyl (C=O) groups excluding carboxylic acids is 2. The summed E-state index contributed by atoms with van der Waals surface area (Å²) in [4.78, 5) is 28.3. The fourth-order valence-corrected chi connectivity index (χ4v) is 5.67. The van der Waals surface area contributed by atoms with Gasteiger partial charge in [-0.3, -0.25) is 4.79 Å². The first-order valence-corrected chi connectivity index (χ1v) is 13.3. The minimum Gasteiger partial charge on any atom is -0.338 e. The monoisotopic (exact) mass is 482 g/mol. The van der Waals surface area contributed by atoms with Crippen molar-refractivity contribution < 1.29 is 9.59 Å². The molecular weight excluding hydrogens is 440 g/mol. The van der Waals surface area contributed by atoms with Crippen molar-refractivity contribution in [3.63, 3.8) is 0 Å². The maximum atomic E-state index is 13.3. The molecule has 6 nitrogen and oxygen atoms in total. The Balaban J connectivity index is 2.09. The molecule has 0 aromatic carbocycles. The lowest BCUT2D eigenvalue weighted by Gasteiger charge is -2.38. The first kappa shape index (κ1) is 27.0. The van der Waals surface area contributed by atoms with Gasteiger partial charge in [-0.1, -0.05) is 54.5 Å². The summed E-state index contributed by atoms with van der Waals surface area (Å²) in [6.07, 6.45) is 2.05. The number of rotatable bonds is 8. The van der Waals surface area contributed by atoms with Crippen LogP contribution in [0.3, 0.4) is 0 Å². The molecule has 3 atom stereocenters. The molecule has 0 bridgehead atoms. The van der Waals surface area contributed by atoms with Crippen molar-refractivity contribution in [2.45, 2.75) is 90.6 Å². The van der Waals surface area contributed by atoms with Crippen LogP contribution in [0.15, 0.2) is 21.7 Å². The van der Waals surface area contributed by atoms with Gasteiger partial charge in [0.25, 0.3) is 0 Å². The molecule has 2 heterocycles. The van der Waals surface area contributed by atoms with E-state index in [1.807, 2.05) is 25.7 Å². The molecule has 0 saturated carbocycles. The molecule has 1 fully saturated rings. The van der Waals surface area contributed by atoms with Crippen LogP contribution in [0.5, 0.6) is 0 Å². The molecule has 1 aliphatic heterocycles. The van der Waals surface area contributed by atoms with Crippen LogP contribution in [-0.4, -0.2) is 58.9 Å². The number of urea groups is 1. The summed E-state index contributed by atoms with van der Waals surface area (Å²) in [7, 11) is 0. The van der Waals surface area contributed by atoms with E-state index < -0.39 is 6.04 Å². The number of hydrogen-bond acceptors (Lipinski definition) is 5. The molecule has 182 valence electrons. The molecule has 2 rings (SSSR count). The molecule has 32 heavy (non-hydrogen) atoms. The summed E-state index contributed by atoms with van der Waals surface area (Å²) in [6.45, 7) is 19.0. The molecule has 2 N–H and O–H groups in total. The minimum atomic E-state index is -0.563. The van der Waals surface area contributed by atoms with Crippen molar-refractivity contribution in [2.75, 3.05) is 19.6 Å². The van der Waals surface area contributed by atoms with E-state index in [0.717, 1.165) is 25.9 Å². The van der Waals surface area contributed by atoms with E-state index in [9.17, 15) is 9.59 Å². The predicted molar refractivity (Wildman–Crippen MR) is 136 cm³/mol. The summed E-state index contributed by atoms with van der Waals surface area (Å²) in [5, 5.41) is 8.29. The number of likely N-dealkylation sites (tertiary alicyclic amines) is 1. The van der Waals surface area contributed by atoms with Crippen LogP contribution in [0.25, 0.3) is 0 Å². The van der Waals surface area contributed by atoms with E-state index in [1.165, 1.54) is 4.21 Å². The quantitative estimate of drug-likeness (QED) is 0.499. The van der Waals surface area contributed by atoms with Crippen LogP contribution in [0.1, 0.15) is 68.2 Å². The zero-order valence-corrected chi connectivity index (χ0v) is 22.7. The lowest BCUT2D eigenvalue weighted by molar-refractivity contribution is -0.136. The number of hydrogen-bond donors (Lipinski definition) is 2. The first-order chi connectivity index (χ1) is 14.8. The Morgan fingerprint density at radius 2 is 1.91 bits per heavy atom. The summed E-state index contributed by atoms with van der Waals surface area (Å²) in [5.41, 5.74) is -0.510. The zero-order chi connectivity index (χ0) is 24.1. The number of amides is 3. The van der Waals surface area contributed by atoms with Gasteiger partial charge in [0.2, 0.25) is 5.91 Å². The Morgan fingerprint density at radius 1 is 1.22 bits per heavy atom. The first-order valence-electron chi connectivity index (χ1n) is 11.7. The average Bonchev–Trinajstić information content (AvgIpc) is 3.34. The highest BCUT2D eigenvalue weighted by molar-refractivity contribution is 7.98. The standard InChI is InChI=1S/C24H42N4O2S2/c1-9-27(32-19-13-11-15-31-19)16-18(23(3,4)5)25-22(30)26-20(24(6,7)8)21(29)28-14-10-12-17(28)2/h11,13,15,17-18,20H,9-10,12,14,16H2,1-8H3,(H2,25,26,30). The molecule has 3 unspecified atom stereocenters. The second kappa shape index (κ2) is 11.3. The molecular formula is C24H42N4O2S2. The number of thiophene rings is 1. The van der Waals surface area contributed by atoms with Gasteiger partial charge < -0.3 is 15.5 Å². The molecule has 1 aromatic rings. The van der Waals surface area contributed by atoms with E-state index in [1.54, 1.807) is 23.3 Å². The van der Waals surface area contributed by atoms with Crippen molar-refractivity contribution in [1.29, 1.82) is 0 Å². The SMILES string of the molecule is CCN(CC(NC(=O)NC(C(=O)N1CCCC1C)C(C)(C)C)C(C)(C)C)Sc1cccs1. The maximum Gasteiger partial charge on any atom is 0.315 e. The summed E-state index contributed by atoms with van der Waals surface area (Å²) >= 11 is 3.45. The summed E-state index contributed by atoms with van der Waals surface area (Å²) < 4.78 is 3.52. The summed E-state index contributed by atoms with van der Waals surface area (Å²) in [6, 6.07) is 3.49. The zero-order valence-electron chi connectivity index (χ0n) is 21.0. The van der Waals surface area contributed by atoms with Gasteiger partial charge in [-0.2, -0.15) is 0 Å². The van der Waals surface area contributed by atoms with Crippen LogP contribution in [0.4, 0.5) is 4.79 Å². The van der Waals surface area contributed by atoms with Gasteiger partial charge in [-0.25, -0.2) is 9.10 Å². The topological polar surface area (TPSA) is 64.7 Å². The van der Waals surface area contributed by atoms with Crippen molar-refractivity contribution in [3.05, 3.63) is 17.5 Å². The highest BCUT2D eigenvalue weighted by atomic mass is 32.2. The highest BCUT2D eigenvalue weighted by Gasteiger charge is 2.39. The predicted octanol–water partition coefficient (Wildman–Crippen LogP) is 5.22. The van der Waals surface area contributed by atoms with Crippen LogP contribution in [0.2, 0.25) is 0 Å². The Kier molecular flexibility index (Phi) is 9.49. The van der Waals surface area contributed by atoms with Gasteiger partial charge in [-0.05, 0) is 54.0 Å². The average molecular weight is 483 g/mol. The van der Waals surface area contributed by atoms with Gasteiger partial charge >= 0.3 is 6.03 Å². The van der Waals surface area contributed by atoms with E-state index in [2.05, 4.69) is 67.1 Å². The van der Waals surface area contributed by atoms with E-state index in [-0.39, 0.29) is 34.9 Å². The Hall–Kier alpha value is -1.25. The third-order valence-corrected chi connectivity index (χ3v) is 8.18. The van der Waals surface area contributed by atoms with Crippen molar-refractivity contribution >= 4 is 35.2 Å². The van der Waals surface area contributed by atoms with Crippen LogP contribution >= 0.6 is 23.3 Å². The number of nitrogens with zero attached hydrogens (tertiary/aromatic N) is 2. The van der Waals surface area contributed by atoms with E-state index in [0.29, 0.717) is 6.54 Å². The van der Waals surface area contributed by atoms with Gasteiger partial charge in [0.1, 0.15) is 6.04 Å². The van der Waals surface area contributed by atoms with Crippen molar-refractivity contribution in [3.8, 4) is 0 Å². The normalized spacial score (nSPS) is 19.2. The van der Waals surface area contributed by atoms with Crippen molar-refractivity contribution in [1.82, 2.24) is 19.8 Å². The second-order valence-electron chi connectivity index (χ2n) is 10.9. The second-order valence-corrected chi connectivity index (χ2v) is 13.2. The Morgan fingerprint density at radius 3 is 2.38 bits per heavy atom. The molecule has 3 amide bonds. The molecule has 0 spiro atoms. The number of carbonyl (C=O) groups is 2. The fraction of sp³-hybridized carbons (Fsp3) is 0.750. The molecule has 1 saturated heterocycles. The van der Waals surface area contributed by atoms with Crippen LogP contribution < -0.4 is 10.6 Å². The van der Waals surface area contributed by atoms with Gasteiger partial charge in [0.15, 0.2) is 0 Å².